The molecule has 1 atom stereocenters. The average Bonchev–Trinajstić information content (AvgIpc) is 2.51. The molecule has 2 aromatic rings. The van der Waals surface area contributed by atoms with Gasteiger partial charge < -0.3 is 10.6 Å². The maximum Gasteiger partial charge on any atom is 0.248 e. The van der Waals surface area contributed by atoms with Crippen molar-refractivity contribution in [1.29, 1.82) is 0 Å². The van der Waals surface area contributed by atoms with Crippen LogP contribution in [0.1, 0.15) is 11.6 Å². The summed E-state index contributed by atoms with van der Waals surface area (Å²) < 4.78 is 0. The maximum absolute atomic E-state index is 12.3. The highest BCUT2D eigenvalue weighted by atomic mass is 16.2. The third-order valence-corrected chi connectivity index (χ3v) is 3.45. The zero-order valence-corrected chi connectivity index (χ0v) is 10.1. The number of hydrogen-bond donors (Lipinski definition) is 1. The Morgan fingerprint density at radius 3 is 2.39 bits per heavy atom. The van der Waals surface area contributed by atoms with Crippen LogP contribution in [0.5, 0.6) is 0 Å². The summed E-state index contributed by atoms with van der Waals surface area (Å²) in [6.45, 7) is 0. The molecule has 1 aliphatic heterocycles. The summed E-state index contributed by atoms with van der Waals surface area (Å²) in [5.74, 6) is -0.0765. The summed E-state index contributed by atoms with van der Waals surface area (Å²) in [6.07, 6.45) is 0. The molecule has 0 fully saturated rings. The Morgan fingerprint density at radius 2 is 1.61 bits per heavy atom. The van der Waals surface area contributed by atoms with Crippen LogP contribution >= 0.6 is 0 Å². The van der Waals surface area contributed by atoms with Gasteiger partial charge in [0.05, 0.1) is 5.69 Å². The van der Waals surface area contributed by atoms with Crippen LogP contribution in [0.15, 0.2) is 48.5 Å². The number of anilines is 1. The standard InChI is InChI=1S/C15H14N2O/c1-17-13-9-5-4-7-11(13)10-6-2-3-8-12(10)14(16)15(17)18/h2-9,14H,16H2,1H3/t14-/m1/s1. The number of carbonyl (C=O) groups is 1. The van der Waals surface area contributed by atoms with Crippen molar-refractivity contribution in [3.63, 3.8) is 0 Å². The lowest BCUT2D eigenvalue weighted by Crippen LogP contribution is -2.34. The van der Waals surface area contributed by atoms with Crippen LogP contribution in [-0.2, 0) is 4.79 Å². The van der Waals surface area contributed by atoms with Gasteiger partial charge in [0.25, 0.3) is 0 Å². The smallest absolute Gasteiger partial charge is 0.248 e. The van der Waals surface area contributed by atoms with E-state index in [1.54, 1.807) is 11.9 Å². The maximum atomic E-state index is 12.3. The second-order valence-corrected chi connectivity index (χ2v) is 4.48. The van der Waals surface area contributed by atoms with Gasteiger partial charge in [-0.25, -0.2) is 0 Å². The minimum Gasteiger partial charge on any atom is -0.316 e. The van der Waals surface area contributed by atoms with Gasteiger partial charge in [0.2, 0.25) is 5.91 Å². The largest absolute Gasteiger partial charge is 0.316 e. The first kappa shape index (κ1) is 11.0. The van der Waals surface area contributed by atoms with Crippen molar-refractivity contribution in [2.45, 2.75) is 6.04 Å². The molecule has 0 saturated heterocycles. The van der Waals surface area contributed by atoms with Crippen LogP contribution < -0.4 is 10.6 Å². The van der Waals surface area contributed by atoms with Crippen LogP contribution in [0.2, 0.25) is 0 Å². The van der Waals surface area contributed by atoms with Crippen molar-refractivity contribution in [3.05, 3.63) is 54.1 Å². The molecule has 0 aromatic heterocycles. The predicted molar refractivity (Wildman–Crippen MR) is 72.2 cm³/mol. The normalized spacial score (nSPS) is 18.0. The first-order valence-corrected chi connectivity index (χ1v) is 5.91. The molecule has 0 spiro atoms. The lowest BCUT2D eigenvalue weighted by molar-refractivity contribution is -0.119. The van der Waals surface area contributed by atoms with Crippen molar-refractivity contribution in [2.24, 2.45) is 5.73 Å². The Hall–Kier alpha value is -2.13. The molecule has 1 heterocycles. The summed E-state index contributed by atoms with van der Waals surface area (Å²) in [7, 11) is 1.77. The molecule has 3 nitrogen and oxygen atoms in total. The van der Waals surface area contributed by atoms with E-state index in [9.17, 15) is 4.79 Å². The van der Waals surface area contributed by atoms with E-state index in [2.05, 4.69) is 0 Å². The fourth-order valence-corrected chi connectivity index (χ4v) is 2.47. The molecule has 3 rings (SSSR count). The van der Waals surface area contributed by atoms with Gasteiger partial charge in [-0.15, -0.1) is 0 Å². The zero-order chi connectivity index (χ0) is 12.7. The van der Waals surface area contributed by atoms with Gasteiger partial charge in [0.1, 0.15) is 6.04 Å². The van der Waals surface area contributed by atoms with Gasteiger partial charge in [-0.2, -0.15) is 0 Å². The van der Waals surface area contributed by atoms with Crippen LogP contribution in [-0.4, -0.2) is 13.0 Å². The number of rotatable bonds is 0. The molecule has 1 amide bonds. The van der Waals surface area contributed by atoms with Crippen LogP contribution in [0.4, 0.5) is 5.69 Å². The average molecular weight is 238 g/mol. The summed E-state index contributed by atoms with van der Waals surface area (Å²) in [4.78, 5) is 13.9. The van der Waals surface area contributed by atoms with Crippen molar-refractivity contribution < 1.29 is 4.79 Å². The van der Waals surface area contributed by atoms with E-state index in [1.165, 1.54) is 0 Å². The Kier molecular flexibility index (Phi) is 2.42. The van der Waals surface area contributed by atoms with E-state index in [0.717, 1.165) is 22.4 Å². The first-order chi connectivity index (χ1) is 8.70. The summed E-state index contributed by atoms with van der Waals surface area (Å²) in [5, 5.41) is 0. The minimum atomic E-state index is -0.599. The Balaban J connectivity index is 2.36. The number of carbonyl (C=O) groups excluding carboxylic acids is 1. The number of hydrogen-bond acceptors (Lipinski definition) is 2. The Bertz CT molecular complexity index is 568. The number of benzene rings is 2. The van der Waals surface area contributed by atoms with Crippen LogP contribution in [0.3, 0.4) is 0 Å². The van der Waals surface area contributed by atoms with E-state index in [0.29, 0.717) is 0 Å². The van der Waals surface area contributed by atoms with Gasteiger partial charge >= 0.3 is 0 Å². The second kappa shape index (κ2) is 3.96. The fourth-order valence-electron chi connectivity index (χ4n) is 2.47. The quantitative estimate of drug-likeness (QED) is 0.765. The van der Waals surface area contributed by atoms with Crippen molar-refractivity contribution in [2.75, 3.05) is 11.9 Å². The number of para-hydroxylation sites is 1. The first-order valence-electron chi connectivity index (χ1n) is 5.91. The number of likely N-dealkylation sites (N-methyl/N-ethyl adjacent to an activating group) is 1. The zero-order valence-electron chi connectivity index (χ0n) is 10.1. The molecule has 90 valence electrons. The summed E-state index contributed by atoms with van der Waals surface area (Å²) in [6, 6.07) is 15.1. The van der Waals surface area contributed by atoms with Crippen molar-refractivity contribution >= 4 is 11.6 Å². The molecule has 2 aromatic carbocycles. The highest BCUT2D eigenvalue weighted by molar-refractivity contribution is 6.04. The lowest BCUT2D eigenvalue weighted by Gasteiger charge is -2.19. The Labute approximate surface area is 106 Å². The van der Waals surface area contributed by atoms with Crippen molar-refractivity contribution in [3.8, 4) is 11.1 Å². The summed E-state index contributed by atoms with van der Waals surface area (Å²) in [5.41, 5.74) is 9.95. The molecule has 2 N–H and O–H groups in total. The molecular weight excluding hydrogens is 224 g/mol. The van der Waals surface area contributed by atoms with Gasteiger partial charge in [-0.1, -0.05) is 42.5 Å². The molecule has 1 aliphatic rings. The van der Waals surface area contributed by atoms with Gasteiger partial charge in [0.15, 0.2) is 0 Å². The molecule has 0 bridgehead atoms. The highest BCUT2D eigenvalue weighted by Gasteiger charge is 2.28. The van der Waals surface area contributed by atoms with Crippen molar-refractivity contribution in [1.82, 2.24) is 0 Å². The minimum absolute atomic E-state index is 0.0765. The van der Waals surface area contributed by atoms with Crippen LogP contribution in [0.25, 0.3) is 11.1 Å². The predicted octanol–water partition coefficient (Wildman–Crippen LogP) is 2.33. The second-order valence-electron chi connectivity index (χ2n) is 4.48. The molecule has 0 radical (unpaired) electrons. The number of nitrogens with zero attached hydrogens (tertiary/aromatic N) is 1. The third kappa shape index (κ3) is 1.45. The lowest BCUT2D eigenvalue weighted by atomic mass is 9.96. The van der Waals surface area contributed by atoms with Gasteiger partial charge in [-0.3, -0.25) is 4.79 Å². The fraction of sp³-hybridized carbons (Fsp3) is 0.133. The number of fused-ring (bicyclic) bond motifs is 3. The van der Waals surface area contributed by atoms with Gasteiger partial charge in [-0.05, 0) is 17.2 Å². The van der Waals surface area contributed by atoms with E-state index in [-0.39, 0.29) is 5.91 Å². The number of amides is 1. The van der Waals surface area contributed by atoms with Gasteiger partial charge in [0, 0.05) is 12.6 Å². The topological polar surface area (TPSA) is 46.3 Å². The van der Waals surface area contributed by atoms with E-state index in [1.807, 2.05) is 48.5 Å². The molecule has 3 heteroatoms. The molecule has 0 saturated carbocycles. The monoisotopic (exact) mass is 238 g/mol. The molecule has 0 unspecified atom stereocenters. The van der Waals surface area contributed by atoms with E-state index in [4.69, 9.17) is 5.73 Å². The molecule has 0 aliphatic carbocycles. The van der Waals surface area contributed by atoms with Crippen LogP contribution in [0, 0.1) is 0 Å². The summed E-state index contributed by atoms with van der Waals surface area (Å²) >= 11 is 0. The Morgan fingerprint density at radius 1 is 1.00 bits per heavy atom. The van der Waals surface area contributed by atoms with E-state index >= 15 is 0 Å². The highest BCUT2D eigenvalue weighted by Crippen LogP contribution is 2.38. The third-order valence-electron chi connectivity index (χ3n) is 3.45. The molecule has 18 heavy (non-hydrogen) atoms. The number of nitrogens with two attached hydrogens (primary N) is 1. The SMILES string of the molecule is CN1C(=O)[C@H](N)c2ccccc2-c2ccccc21. The molecular formula is C15H14N2O. The van der Waals surface area contributed by atoms with E-state index < -0.39 is 6.04 Å².